The van der Waals surface area contributed by atoms with E-state index in [1.165, 1.54) is 132 Å². The van der Waals surface area contributed by atoms with E-state index in [0.717, 1.165) is 0 Å². The Kier molecular flexibility index (Phi) is 6.70. The van der Waals surface area contributed by atoms with E-state index < -0.39 is 0 Å². The molecule has 0 N–H and O–H groups in total. The van der Waals surface area contributed by atoms with E-state index in [1.807, 2.05) is 0 Å². The van der Waals surface area contributed by atoms with Crippen LogP contribution in [0.2, 0.25) is 0 Å². The maximum Gasteiger partial charge on any atom is -0.00199 e. The third-order valence-corrected chi connectivity index (χ3v) is 13.4. The van der Waals surface area contributed by atoms with Crippen LogP contribution in [0, 0.1) is 0 Å². The van der Waals surface area contributed by atoms with Crippen LogP contribution in [-0.4, -0.2) is 0 Å². The molecule has 0 amide bonds. The van der Waals surface area contributed by atoms with Gasteiger partial charge in [-0.3, -0.25) is 0 Å². The summed E-state index contributed by atoms with van der Waals surface area (Å²) in [6, 6.07) is 60.7. The highest BCUT2D eigenvalue weighted by molar-refractivity contribution is 6.29. The predicted molar refractivity (Wildman–Crippen MR) is 251 cm³/mol. The molecule has 0 atom stereocenters. The van der Waals surface area contributed by atoms with Crippen molar-refractivity contribution < 1.29 is 0 Å². The third kappa shape index (κ3) is 4.75. The van der Waals surface area contributed by atoms with Gasteiger partial charge in [0.1, 0.15) is 0 Å². The van der Waals surface area contributed by atoms with Crippen molar-refractivity contribution in [3.63, 3.8) is 0 Å². The molecule has 2 aliphatic rings. The Balaban J connectivity index is 1.05. The summed E-state index contributed by atoms with van der Waals surface area (Å²) in [5.41, 5.74) is 18.7. The van der Waals surface area contributed by atoms with Gasteiger partial charge in [-0.2, -0.15) is 0 Å². The van der Waals surface area contributed by atoms with Crippen molar-refractivity contribution in [3.8, 4) is 66.8 Å². The van der Waals surface area contributed by atoms with E-state index >= 15 is 0 Å². The second kappa shape index (κ2) is 11.6. The standard InChI is InChI=1S/C58H44/c1-57(2,3)39-25-38(26-40(30-39)58(4,5)6)34-20-21-35-27-50-46-18-11-19-47-53-31-48(36-22-23-43-44-16-9-12-33-13-10-17-45(55(33)44)49(43)28-36)41-14-7-8-15-42(41)52(53)32-54(56(46)47)51(50)29-37(35)24-34/h7-32H,1-6H3. The van der Waals surface area contributed by atoms with Gasteiger partial charge in [0.15, 0.2) is 0 Å². The minimum absolute atomic E-state index is 0.0642. The number of benzene rings is 10. The van der Waals surface area contributed by atoms with Crippen LogP contribution in [0.4, 0.5) is 0 Å². The molecule has 0 saturated heterocycles. The molecule has 0 bridgehead atoms. The molecule has 0 aromatic heterocycles. The van der Waals surface area contributed by atoms with Gasteiger partial charge in [0.2, 0.25) is 0 Å². The van der Waals surface area contributed by atoms with Crippen LogP contribution in [0.5, 0.6) is 0 Å². The van der Waals surface area contributed by atoms with Crippen LogP contribution in [0.1, 0.15) is 52.7 Å². The molecule has 0 saturated carbocycles. The van der Waals surface area contributed by atoms with E-state index in [2.05, 4.69) is 199 Å². The number of hydrogen-bond donors (Lipinski definition) is 0. The van der Waals surface area contributed by atoms with Crippen molar-refractivity contribution in [3.05, 3.63) is 169 Å². The first-order valence-electron chi connectivity index (χ1n) is 20.8. The molecular formula is C58H44. The lowest BCUT2D eigenvalue weighted by Gasteiger charge is -2.26. The highest BCUT2D eigenvalue weighted by Crippen LogP contribution is 2.53. The van der Waals surface area contributed by atoms with E-state index in [9.17, 15) is 0 Å². The van der Waals surface area contributed by atoms with Gasteiger partial charge in [-0.1, -0.05) is 163 Å². The van der Waals surface area contributed by atoms with Gasteiger partial charge in [0.05, 0.1) is 0 Å². The molecular weight excluding hydrogens is 697 g/mol. The van der Waals surface area contributed by atoms with Crippen LogP contribution < -0.4 is 0 Å². The third-order valence-electron chi connectivity index (χ3n) is 13.4. The molecule has 10 aromatic rings. The van der Waals surface area contributed by atoms with Gasteiger partial charge >= 0.3 is 0 Å². The van der Waals surface area contributed by atoms with Crippen molar-refractivity contribution in [1.82, 2.24) is 0 Å². The Morgan fingerprint density at radius 2 is 0.828 bits per heavy atom. The smallest absolute Gasteiger partial charge is 0.00199 e. The van der Waals surface area contributed by atoms with Crippen LogP contribution in [0.3, 0.4) is 0 Å². The summed E-state index contributed by atoms with van der Waals surface area (Å²) < 4.78 is 0. The number of rotatable bonds is 2. The Morgan fingerprint density at radius 3 is 1.57 bits per heavy atom. The Labute approximate surface area is 340 Å². The number of fused-ring (bicyclic) bond motifs is 11. The van der Waals surface area contributed by atoms with Gasteiger partial charge in [0, 0.05) is 0 Å². The summed E-state index contributed by atoms with van der Waals surface area (Å²) in [6.07, 6.45) is 0. The molecule has 12 rings (SSSR count). The molecule has 58 heavy (non-hydrogen) atoms. The lowest BCUT2D eigenvalue weighted by Crippen LogP contribution is -2.16. The molecule has 0 fully saturated rings. The van der Waals surface area contributed by atoms with Gasteiger partial charge < -0.3 is 0 Å². The molecule has 0 nitrogen and oxygen atoms in total. The summed E-state index contributed by atoms with van der Waals surface area (Å²) in [7, 11) is 0. The highest BCUT2D eigenvalue weighted by Gasteiger charge is 2.27. The minimum atomic E-state index is 0.0642. The maximum atomic E-state index is 2.50. The van der Waals surface area contributed by atoms with Crippen LogP contribution in [-0.2, 0) is 10.8 Å². The molecule has 276 valence electrons. The first-order chi connectivity index (χ1) is 28.0. The fourth-order valence-electron chi connectivity index (χ4n) is 10.3. The van der Waals surface area contributed by atoms with Gasteiger partial charge in [-0.15, -0.1) is 0 Å². The second-order valence-corrected chi connectivity index (χ2v) is 18.9. The van der Waals surface area contributed by atoms with E-state index in [1.54, 1.807) is 0 Å². The summed E-state index contributed by atoms with van der Waals surface area (Å²) in [4.78, 5) is 0. The molecule has 0 spiro atoms. The zero-order chi connectivity index (χ0) is 39.2. The average molecular weight is 741 g/mol. The van der Waals surface area contributed by atoms with Gasteiger partial charge in [-0.05, 0) is 179 Å². The van der Waals surface area contributed by atoms with E-state index in [4.69, 9.17) is 0 Å². The zero-order valence-electron chi connectivity index (χ0n) is 34.0. The molecule has 0 aliphatic heterocycles. The van der Waals surface area contributed by atoms with Crippen molar-refractivity contribution in [2.45, 2.75) is 52.4 Å². The predicted octanol–water partition coefficient (Wildman–Crippen LogP) is 16.7. The molecule has 2 aliphatic carbocycles. The molecule has 0 unspecified atom stereocenters. The quantitative estimate of drug-likeness (QED) is 0.155. The van der Waals surface area contributed by atoms with Crippen molar-refractivity contribution in [1.29, 1.82) is 0 Å². The monoisotopic (exact) mass is 740 g/mol. The summed E-state index contributed by atoms with van der Waals surface area (Å²) in [6.45, 7) is 13.9. The van der Waals surface area contributed by atoms with E-state index in [-0.39, 0.29) is 10.8 Å². The van der Waals surface area contributed by atoms with Crippen LogP contribution >= 0.6 is 0 Å². The summed E-state index contributed by atoms with van der Waals surface area (Å²) in [5.74, 6) is 0. The lowest BCUT2D eigenvalue weighted by atomic mass is 9.79. The lowest BCUT2D eigenvalue weighted by molar-refractivity contribution is 0.569. The molecule has 10 aromatic carbocycles. The van der Waals surface area contributed by atoms with Crippen molar-refractivity contribution in [2.75, 3.05) is 0 Å². The van der Waals surface area contributed by atoms with Gasteiger partial charge in [-0.25, -0.2) is 0 Å². The largest absolute Gasteiger partial charge is 0.0616 e. The summed E-state index contributed by atoms with van der Waals surface area (Å²) in [5, 5.41) is 13.2. The number of hydrogen-bond acceptors (Lipinski definition) is 0. The van der Waals surface area contributed by atoms with Gasteiger partial charge in [0.25, 0.3) is 0 Å². The molecule has 0 heterocycles. The maximum absolute atomic E-state index is 2.50. The fraction of sp³-hybridized carbons (Fsp3) is 0.138. The first kappa shape index (κ1) is 33.6. The topological polar surface area (TPSA) is 0 Å². The van der Waals surface area contributed by atoms with Crippen LogP contribution in [0.25, 0.3) is 121 Å². The van der Waals surface area contributed by atoms with Crippen LogP contribution in [0.15, 0.2) is 158 Å². The average Bonchev–Trinajstić information content (AvgIpc) is 3.72. The molecule has 0 heteroatoms. The summed E-state index contributed by atoms with van der Waals surface area (Å²) >= 11 is 0. The second-order valence-electron chi connectivity index (χ2n) is 18.9. The Bertz CT molecular complexity index is 3410. The highest BCUT2D eigenvalue weighted by atomic mass is 14.3. The molecule has 0 radical (unpaired) electrons. The van der Waals surface area contributed by atoms with Crippen molar-refractivity contribution >= 4 is 53.9 Å². The first-order valence-corrected chi connectivity index (χ1v) is 20.8. The zero-order valence-corrected chi connectivity index (χ0v) is 34.0. The minimum Gasteiger partial charge on any atom is -0.0616 e. The van der Waals surface area contributed by atoms with Crippen molar-refractivity contribution in [2.24, 2.45) is 0 Å². The SMILES string of the molecule is CC(C)(C)c1cc(-c2ccc3cc4c(cc3c2)-c2cc3c5ccccc5c(-c5ccc6c(c5)-c5cccc7cccc-6c57)cc3c3cccc-4c23)cc(C(C)(C)C)c1. The van der Waals surface area contributed by atoms with E-state index in [0.29, 0.717) is 0 Å². The normalized spacial score (nSPS) is 13.0. The fourth-order valence-corrected chi connectivity index (χ4v) is 10.3. The Hall–Kier alpha value is -6.50. The Morgan fingerprint density at radius 1 is 0.259 bits per heavy atom.